The molecular weight excluding hydrogens is 739 g/mol. The number of rotatable bonds is 4. The van der Waals surface area contributed by atoms with Crippen LogP contribution in [0.25, 0.3) is 11.1 Å². The summed E-state index contributed by atoms with van der Waals surface area (Å²) in [6.07, 6.45) is 11.4. The molecule has 0 amide bonds. The van der Waals surface area contributed by atoms with Gasteiger partial charge in [0.2, 0.25) is 0 Å². The second-order valence-electron chi connectivity index (χ2n) is 17.0. The quantitative estimate of drug-likeness (QED) is 0.175. The minimum Gasteiger partial charge on any atom is -1.00 e. The van der Waals surface area contributed by atoms with E-state index in [0.29, 0.717) is 11.3 Å². The molecule has 1 unspecified atom stereocenters. The van der Waals surface area contributed by atoms with Crippen LogP contribution in [-0.2, 0) is 41.5 Å². The molecule has 0 nitrogen and oxygen atoms in total. The Morgan fingerprint density at radius 3 is 1.67 bits per heavy atom. The van der Waals surface area contributed by atoms with Crippen molar-refractivity contribution in [2.75, 3.05) is 0 Å². The monoisotopic (exact) mass is 794 g/mol. The third kappa shape index (κ3) is 12.4. The Hall–Kier alpha value is -2.31. The summed E-state index contributed by atoms with van der Waals surface area (Å²) in [7, 11) is 0. The molecule has 2 aliphatic rings. The Morgan fingerprint density at radius 1 is 0.686 bits per heavy atom. The molecule has 0 heterocycles. The van der Waals surface area contributed by atoms with Gasteiger partial charge in [0, 0.05) is 0 Å². The van der Waals surface area contributed by atoms with Crippen molar-refractivity contribution in [1.29, 1.82) is 0 Å². The minimum atomic E-state index is 0. The number of halogens is 2. The number of hydrogen-bond donors (Lipinski definition) is 0. The zero-order chi connectivity index (χ0) is 36.1. The van der Waals surface area contributed by atoms with Crippen LogP contribution >= 0.6 is 0 Å². The molecule has 0 saturated heterocycles. The molecule has 2 aliphatic carbocycles. The maximum absolute atomic E-state index is 3.67. The zero-order valence-corrected chi connectivity index (χ0v) is 37.1. The summed E-state index contributed by atoms with van der Waals surface area (Å²) in [6, 6.07) is 32.7. The SMILES string of the molecule is CC(C)(C)c1[c-]c2c(cc1)-c1ccc(C(C)(C)C)cc1C2.CCCC1[C-]=CC(C(C)(C)C)=C1.Cc1ccc([C](=[Zr+2])c2ccc(C)cc2)cc1.[Cl-].[Cl-]. The van der Waals surface area contributed by atoms with Crippen molar-refractivity contribution in [2.45, 2.75) is 113 Å². The summed E-state index contributed by atoms with van der Waals surface area (Å²) in [5, 5.41) is 0. The summed E-state index contributed by atoms with van der Waals surface area (Å²) >= 11 is 1.46. The average Bonchev–Trinajstić information content (AvgIpc) is 3.66. The van der Waals surface area contributed by atoms with Gasteiger partial charge in [-0.3, -0.25) is 6.08 Å². The first-order chi connectivity index (χ1) is 22.9. The van der Waals surface area contributed by atoms with Gasteiger partial charge < -0.3 is 24.8 Å². The maximum Gasteiger partial charge on any atom is -1.00 e. The summed E-state index contributed by atoms with van der Waals surface area (Å²) < 4.78 is 1.42. The van der Waals surface area contributed by atoms with E-state index in [2.05, 4.69) is 186 Å². The van der Waals surface area contributed by atoms with Gasteiger partial charge in [-0.2, -0.15) is 35.4 Å². The molecule has 0 saturated carbocycles. The Kier molecular flexibility index (Phi) is 16.4. The third-order valence-electron chi connectivity index (χ3n) is 9.44. The molecule has 51 heavy (non-hydrogen) atoms. The van der Waals surface area contributed by atoms with Gasteiger partial charge in [-0.05, 0) is 28.4 Å². The summed E-state index contributed by atoms with van der Waals surface area (Å²) in [6.45, 7) is 26.8. The largest absolute Gasteiger partial charge is 1.00 e. The van der Waals surface area contributed by atoms with Crippen molar-refractivity contribution < 1.29 is 49.0 Å². The number of allylic oxidation sites excluding steroid dienone is 4. The van der Waals surface area contributed by atoms with Crippen LogP contribution in [0.2, 0.25) is 0 Å². The smallest absolute Gasteiger partial charge is 1.00 e. The molecule has 0 spiro atoms. The molecule has 4 aromatic carbocycles. The Labute approximate surface area is 338 Å². The van der Waals surface area contributed by atoms with E-state index in [4.69, 9.17) is 0 Å². The molecular formula is C48H58Cl2Zr-2. The third-order valence-corrected chi connectivity index (χ3v) is 10.9. The van der Waals surface area contributed by atoms with Gasteiger partial charge >= 0.3 is 112 Å². The van der Waals surface area contributed by atoms with Crippen LogP contribution in [0.15, 0.2) is 96.6 Å². The van der Waals surface area contributed by atoms with Crippen molar-refractivity contribution in [3.05, 3.63) is 153 Å². The van der Waals surface area contributed by atoms with Crippen LogP contribution in [0.3, 0.4) is 0 Å². The molecule has 3 heteroatoms. The number of aryl methyl sites for hydroxylation is 2. The van der Waals surface area contributed by atoms with E-state index < -0.39 is 0 Å². The van der Waals surface area contributed by atoms with E-state index in [1.807, 2.05) is 0 Å². The van der Waals surface area contributed by atoms with Crippen LogP contribution in [0, 0.1) is 37.3 Å². The molecule has 0 radical (unpaired) electrons. The standard InChI is InChI=1S/C21H25.C15H14.C12H19.2ClH.Zr/c1-20(2,3)16-7-9-18-14(12-16)11-15-13-17(21(4,5)6)8-10-19(15)18;1-12-3-7-14(8-4-12)11-15-9-5-13(2)6-10-15;1-5-6-10-7-8-11(9-10)12(2,3)4;;;/h7-10,12H,11H2,1-6H3;3-10H,1-2H3;8-10H,5-6H2,1-4H3;2*1H;/q-1;;-1;;;+2/p-2. The van der Waals surface area contributed by atoms with E-state index in [-0.39, 0.29) is 35.6 Å². The zero-order valence-electron chi connectivity index (χ0n) is 33.1. The molecule has 1 atom stereocenters. The van der Waals surface area contributed by atoms with E-state index >= 15 is 0 Å². The first-order valence-corrected chi connectivity index (χ1v) is 19.3. The molecule has 4 aromatic rings. The fourth-order valence-corrected chi connectivity index (χ4v) is 6.91. The molecule has 270 valence electrons. The van der Waals surface area contributed by atoms with Gasteiger partial charge in [-0.25, -0.2) is 6.08 Å². The van der Waals surface area contributed by atoms with Crippen LogP contribution in [0.1, 0.15) is 127 Å². The molecule has 0 N–H and O–H groups in total. The number of benzene rings is 4. The van der Waals surface area contributed by atoms with E-state index in [1.54, 1.807) is 0 Å². The molecule has 0 fully saturated rings. The first kappa shape index (κ1) is 44.9. The van der Waals surface area contributed by atoms with Crippen LogP contribution < -0.4 is 24.8 Å². The number of fused-ring (bicyclic) bond motifs is 3. The fraction of sp³-hybridized carbons (Fsp3) is 0.396. The predicted octanol–water partition coefficient (Wildman–Crippen LogP) is 6.83. The molecule has 0 aromatic heterocycles. The molecule has 0 bridgehead atoms. The summed E-state index contributed by atoms with van der Waals surface area (Å²) in [5.41, 5.74) is 15.8. The van der Waals surface area contributed by atoms with Crippen LogP contribution in [0.5, 0.6) is 0 Å². The van der Waals surface area contributed by atoms with E-state index in [9.17, 15) is 0 Å². The normalized spacial score (nSPS) is 14.4. The van der Waals surface area contributed by atoms with Crippen LogP contribution in [-0.4, -0.2) is 3.21 Å². The fourth-order valence-electron chi connectivity index (χ4n) is 6.09. The van der Waals surface area contributed by atoms with Crippen LogP contribution in [0.4, 0.5) is 0 Å². The van der Waals surface area contributed by atoms with Gasteiger partial charge in [0.25, 0.3) is 0 Å². The summed E-state index contributed by atoms with van der Waals surface area (Å²) in [5.74, 6) is 0.587. The first-order valence-electron chi connectivity index (χ1n) is 18.1. The van der Waals surface area contributed by atoms with Crippen molar-refractivity contribution in [3.63, 3.8) is 0 Å². The van der Waals surface area contributed by atoms with Gasteiger partial charge in [0.1, 0.15) is 0 Å². The predicted molar refractivity (Wildman–Crippen MR) is 210 cm³/mol. The molecule has 0 aliphatic heterocycles. The van der Waals surface area contributed by atoms with Gasteiger partial charge in [-0.15, -0.1) is 11.1 Å². The van der Waals surface area contributed by atoms with Gasteiger partial charge in [0.15, 0.2) is 0 Å². The second kappa shape index (κ2) is 18.6. The van der Waals surface area contributed by atoms with E-state index in [0.717, 1.165) is 6.42 Å². The average molecular weight is 797 g/mol. The Bertz CT molecular complexity index is 1690. The van der Waals surface area contributed by atoms with Gasteiger partial charge in [-0.1, -0.05) is 117 Å². The minimum absolute atomic E-state index is 0. The topological polar surface area (TPSA) is 0 Å². The van der Waals surface area contributed by atoms with Crippen molar-refractivity contribution >= 4 is 3.21 Å². The second-order valence-corrected chi connectivity index (χ2v) is 18.2. The van der Waals surface area contributed by atoms with Crippen molar-refractivity contribution in [1.82, 2.24) is 0 Å². The van der Waals surface area contributed by atoms with E-state index in [1.165, 1.54) is 101 Å². The van der Waals surface area contributed by atoms with Crippen molar-refractivity contribution in [3.8, 4) is 11.1 Å². The summed E-state index contributed by atoms with van der Waals surface area (Å²) in [4.78, 5) is 0. The van der Waals surface area contributed by atoms with Gasteiger partial charge in [0.05, 0.1) is 0 Å². The van der Waals surface area contributed by atoms with Crippen molar-refractivity contribution in [2.24, 2.45) is 11.3 Å². The maximum atomic E-state index is 3.67. The molecule has 6 rings (SSSR count). The Morgan fingerprint density at radius 2 is 1.22 bits per heavy atom. The Balaban J connectivity index is 0.000000270. The number of hydrogen-bond acceptors (Lipinski definition) is 0.